The van der Waals surface area contributed by atoms with Gasteiger partial charge in [0.2, 0.25) is 10.0 Å². The molecule has 0 bridgehead atoms. The van der Waals surface area contributed by atoms with Gasteiger partial charge < -0.3 is 0 Å². The van der Waals surface area contributed by atoms with Crippen molar-refractivity contribution in [2.24, 2.45) is 0 Å². The first kappa shape index (κ1) is 15.6. The summed E-state index contributed by atoms with van der Waals surface area (Å²) in [5.74, 6) is 0.296. The minimum atomic E-state index is -3.62. The van der Waals surface area contributed by atoms with Crippen LogP contribution in [0.2, 0.25) is 0 Å². The Morgan fingerprint density at radius 2 is 1.81 bits per heavy atom. The van der Waals surface area contributed by atoms with E-state index in [0.717, 1.165) is 5.56 Å². The van der Waals surface area contributed by atoms with Crippen LogP contribution in [0.4, 0.5) is 0 Å². The average molecular weight is 309 g/mol. The molecule has 0 aliphatic carbocycles. The number of hydrogen-bond donors (Lipinski definition) is 2. The summed E-state index contributed by atoms with van der Waals surface area (Å²) < 4.78 is 27.1. The lowest BCUT2D eigenvalue weighted by Crippen LogP contribution is -2.27. The Morgan fingerprint density at radius 3 is 2.29 bits per heavy atom. The highest BCUT2D eigenvalue weighted by molar-refractivity contribution is 7.89. The molecule has 2 N–H and O–H groups in total. The van der Waals surface area contributed by atoms with Crippen molar-refractivity contribution in [2.75, 3.05) is 0 Å². The number of sulfonamides is 1. The van der Waals surface area contributed by atoms with E-state index in [2.05, 4.69) is 46.1 Å². The van der Waals surface area contributed by atoms with Crippen LogP contribution in [0, 0.1) is 0 Å². The molecule has 8 heteroatoms. The largest absolute Gasteiger partial charge is 0.241 e. The number of hydrogen-bond acceptors (Lipinski definition) is 5. The van der Waals surface area contributed by atoms with Crippen LogP contribution in [0.3, 0.4) is 0 Å². The summed E-state index contributed by atoms with van der Waals surface area (Å²) in [5, 5.41) is 13.2. The zero-order valence-electron chi connectivity index (χ0n) is 12.5. The fourth-order valence-corrected chi connectivity index (χ4v) is 3.04. The predicted molar refractivity (Wildman–Crippen MR) is 78.1 cm³/mol. The molecule has 114 valence electrons. The maximum Gasteiger partial charge on any atom is 0.241 e. The van der Waals surface area contributed by atoms with Crippen LogP contribution in [-0.4, -0.2) is 29.0 Å². The molecular weight excluding hydrogens is 290 g/mol. The van der Waals surface area contributed by atoms with Gasteiger partial charge in [-0.3, -0.25) is 0 Å². The lowest BCUT2D eigenvalue weighted by Gasteiger charge is -2.19. The fraction of sp³-hybridized carbons (Fsp3) is 0.462. The van der Waals surface area contributed by atoms with E-state index in [-0.39, 0.29) is 10.3 Å². The standard InChI is InChI=1S/C13H19N5O2S/c1-9(12-14-17-18-15-12)16-21(19,20)11-7-5-10(6-8-11)13(2,3)4/h5-9,16H,1-4H3,(H,14,15,17,18). The monoisotopic (exact) mass is 309 g/mol. The molecule has 21 heavy (non-hydrogen) atoms. The highest BCUT2D eigenvalue weighted by Gasteiger charge is 2.21. The first-order chi connectivity index (χ1) is 9.70. The van der Waals surface area contributed by atoms with E-state index >= 15 is 0 Å². The van der Waals surface area contributed by atoms with Gasteiger partial charge in [-0.2, -0.15) is 5.21 Å². The Kier molecular flexibility index (Phi) is 4.11. The third-order valence-corrected chi connectivity index (χ3v) is 4.67. The molecule has 0 spiro atoms. The Bertz CT molecular complexity index is 687. The normalized spacial score (nSPS) is 14.1. The second-order valence-electron chi connectivity index (χ2n) is 5.89. The Hall–Kier alpha value is -1.80. The molecule has 0 radical (unpaired) electrons. The van der Waals surface area contributed by atoms with Crippen molar-refractivity contribution in [1.29, 1.82) is 0 Å². The molecule has 0 amide bonds. The van der Waals surface area contributed by atoms with Gasteiger partial charge in [-0.1, -0.05) is 38.1 Å². The minimum Gasteiger partial charge on any atom is -0.207 e. The summed E-state index contributed by atoms with van der Waals surface area (Å²) in [4.78, 5) is 0.214. The molecule has 1 aromatic heterocycles. The molecule has 1 atom stereocenters. The number of aromatic amines is 1. The van der Waals surface area contributed by atoms with E-state index in [9.17, 15) is 8.42 Å². The maximum atomic E-state index is 12.3. The maximum absolute atomic E-state index is 12.3. The van der Waals surface area contributed by atoms with Crippen LogP contribution in [-0.2, 0) is 15.4 Å². The smallest absolute Gasteiger partial charge is 0.207 e. The quantitative estimate of drug-likeness (QED) is 0.892. The van der Waals surface area contributed by atoms with E-state index in [1.165, 1.54) is 0 Å². The first-order valence-electron chi connectivity index (χ1n) is 6.56. The van der Waals surface area contributed by atoms with Crippen LogP contribution >= 0.6 is 0 Å². The zero-order valence-corrected chi connectivity index (χ0v) is 13.3. The summed E-state index contributed by atoms with van der Waals surface area (Å²) in [6.07, 6.45) is 0. The van der Waals surface area contributed by atoms with Gasteiger partial charge in [0.25, 0.3) is 0 Å². The molecule has 0 aliphatic rings. The predicted octanol–water partition coefficient (Wildman–Crippen LogP) is 1.54. The number of nitrogens with one attached hydrogen (secondary N) is 2. The van der Waals surface area contributed by atoms with Crippen molar-refractivity contribution in [2.45, 2.75) is 44.0 Å². The SMILES string of the molecule is CC(NS(=O)(=O)c1ccc(C(C)(C)C)cc1)c1nn[nH]n1. The average Bonchev–Trinajstić information content (AvgIpc) is 2.91. The van der Waals surface area contributed by atoms with Gasteiger partial charge in [-0.05, 0) is 30.0 Å². The summed E-state index contributed by atoms with van der Waals surface area (Å²) in [6.45, 7) is 7.89. The van der Waals surface area contributed by atoms with Crippen molar-refractivity contribution in [1.82, 2.24) is 25.3 Å². The van der Waals surface area contributed by atoms with Crippen LogP contribution < -0.4 is 4.72 Å². The van der Waals surface area contributed by atoms with Crippen molar-refractivity contribution >= 4 is 10.0 Å². The number of aromatic nitrogens is 4. The van der Waals surface area contributed by atoms with Gasteiger partial charge in [0.05, 0.1) is 10.9 Å². The molecule has 0 saturated carbocycles. The molecule has 2 rings (SSSR count). The highest BCUT2D eigenvalue weighted by Crippen LogP contribution is 2.23. The van der Waals surface area contributed by atoms with E-state index in [1.54, 1.807) is 19.1 Å². The number of benzene rings is 1. The third-order valence-electron chi connectivity index (χ3n) is 3.11. The molecule has 0 saturated heterocycles. The van der Waals surface area contributed by atoms with Crippen LogP contribution in [0.1, 0.15) is 45.1 Å². The van der Waals surface area contributed by atoms with Crippen molar-refractivity contribution in [3.05, 3.63) is 35.7 Å². The summed E-state index contributed by atoms with van der Waals surface area (Å²) in [6, 6.07) is 6.30. The van der Waals surface area contributed by atoms with Crippen molar-refractivity contribution in [3.8, 4) is 0 Å². The van der Waals surface area contributed by atoms with Gasteiger partial charge in [-0.15, -0.1) is 10.2 Å². The molecule has 1 heterocycles. The lowest BCUT2D eigenvalue weighted by molar-refractivity contribution is 0.559. The summed E-state index contributed by atoms with van der Waals surface area (Å²) in [5.41, 5.74) is 1.06. The second kappa shape index (κ2) is 5.53. The lowest BCUT2D eigenvalue weighted by atomic mass is 9.87. The molecule has 1 aromatic carbocycles. The molecule has 7 nitrogen and oxygen atoms in total. The van der Waals surface area contributed by atoms with Gasteiger partial charge in [0.15, 0.2) is 5.82 Å². The minimum absolute atomic E-state index is 0.0202. The van der Waals surface area contributed by atoms with E-state index < -0.39 is 16.1 Å². The number of nitrogens with zero attached hydrogens (tertiary/aromatic N) is 3. The molecule has 0 aliphatic heterocycles. The topological polar surface area (TPSA) is 101 Å². The fourth-order valence-electron chi connectivity index (χ4n) is 1.84. The van der Waals surface area contributed by atoms with E-state index in [0.29, 0.717) is 5.82 Å². The van der Waals surface area contributed by atoms with Gasteiger partial charge >= 0.3 is 0 Å². The second-order valence-corrected chi connectivity index (χ2v) is 7.60. The number of tetrazole rings is 1. The Morgan fingerprint density at radius 1 is 1.19 bits per heavy atom. The van der Waals surface area contributed by atoms with Crippen molar-refractivity contribution < 1.29 is 8.42 Å². The molecular formula is C13H19N5O2S. The zero-order chi connectivity index (χ0) is 15.7. The van der Waals surface area contributed by atoms with Crippen LogP contribution in [0.15, 0.2) is 29.2 Å². The molecule has 1 unspecified atom stereocenters. The van der Waals surface area contributed by atoms with Gasteiger partial charge in [-0.25, -0.2) is 13.1 Å². The van der Waals surface area contributed by atoms with E-state index in [1.807, 2.05) is 12.1 Å². The van der Waals surface area contributed by atoms with Crippen LogP contribution in [0.25, 0.3) is 0 Å². The Balaban J connectivity index is 2.20. The van der Waals surface area contributed by atoms with Crippen molar-refractivity contribution in [3.63, 3.8) is 0 Å². The van der Waals surface area contributed by atoms with Crippen LogP contribution in [0.5, 0.6) is 0 Å². The third kappa shape index (κ3) is 3.64. The van der Waals surface area contributed by atoms with E-state index in [4.69, 9.17) is 0 Å². The van der Waals surface area contributed by atoms with Gasteiger partial charge in [0.1, 0.15) is 0 Å². The Labute approximate surface area is 124 Å². The molecule has 2 aromatic rings. The summed E-state index contributed by atoms with van der Waals surface area (Å²) in [7, 11) is -3.62. The first-order valence-corrected chi connectivity index (χ1v) is 8.05. The number of H-pyrrole nitrogens is 1. The highest BCUT2D eigenvalue weighted by atomic mass is 32.2. The number of rotatable bonds is 4. The van der Waals surface area contributed by atoms with Gasteiger partial charge in [0, 0.05) is 0 Å². The summed E-state index contributed by atoms with van der Waals surface area (Å²) >= 11 is 0. The molecule has 0 fully saturated rings.